The molecule has 2 N–H and O–H groups in total. The third-order valence-electron chi connectivity index (χ3n) is 10.6. The highest BCUT2D eigenvalue weighted by atomic mass is 15.3. The summed E-state index contributed by atoms with van der Waals surface area (Å²) < 4.78 is 0. The molecule has 2 unspecified atom stereocenters. The number of nitriles is 1. The van der Waals surface area contributed by atoms with Crippen LogP contribution in [0.1, 0.15) is 59.6 Å². The molecule has 9 rings (SSSR count). The molecule has 0 fully saturated rings. The van der Waals surface area contributed by atoms with Crippen LogP contribution in [-0.2, 0) is 5.41 Å². The Hall–Kier alpha value is -6.28. The number of rotatable bonds is 5. The van der Waals surface area contributed by atoms with Crippen molar-refractivity contribution in [1.29, 1.82) is 5.26 Å². The standard InChI is InChI=1S/C47H36N4/c1-47(2)40-19-11-17-36(29-48)42(40)39-27-25-35(28-41(39)47)30-20-22-32(23-21-30)38-26-24-31-12-9-10-18-37(31)43(38)46-50-44(33-13-5-3-6-14-33)49-45(51-46)34-15-7-4-8-16-34/h3-28,44,46,50H,1-2H3,(H,49,51). The Morgan fingerprint density at radius 1 is 0.608 bits per heavy atom. The number of aliphatic imine (C=N–C) groups is 1. The zero-order valence-electron chi connectivity index (χ0n) is 28.6. The average Bonchev–Trinajstić information content (AvgIpc) is 3.43. The van der Waals surface area contributed by atoms with Gasteiger partial charge in [0, 0.05) is 22.1 Å². The molecule has 0 spiro atoms. The van der Waals surface area contributed by atoms with Crippen molar-refractivity contribution in [1.82, 2.24) is 10.6 Å². The summed E-state index contributed by atoms with van der Waals surface area (Å²) in [5, 5.41) is 19.9. The normalized spacial score (nSPS) is 17.2. The van der Waals surface area contributed by atoms with Gasteiger partial charge in [-0.2, -0.15) is 5.26 Å². The first kappa shape index (κ1) is 30.8. The maximum atomic E-state index is 9.88. The van der Waals surface area contributed by atoms with Gasteiger partial charge in [-0.15, -0.1) is 0 Å². The van der Waals surface area contributed by atoms with Crippen LogP contribution in [0.3, 0.4) is 0 Å². The fourth-order valence-corrected chi connectivity index (χ4v) is 8.02. The molecule has 1 aliphatic heterocycles. The van der Waals surface area contributed by atoms with Crippen LogP contribution in [0.25, 0.3) is 44.2 Å². The minimum absolute atomic E-state index is 0.188. The van der Waals surface area contributed by atoms with Gasteiger partial charge in [-0.3, -0.25) is 5.32 Å². The first-order chi connectivity index (χ1) is 25.0. The zero-order chi connectivity index (χ0) is 34.5. The number of hydrogen-bond donors (Lipinski definition) is 2. The van der Waals surface area contributed by atoms with Gasteiger partial charge in [0.2, 0.25) is 0 Å². The second-order valence-corrected chi connectivity index (χ2v) is 14.0. The van der Waals surface area contributed by atoms with Gasteiger partial charge in [0.25, 0.3) is 0 Å². The minimum Gasteiger partial charge on any atom is -0.350 e. The van der Waals surface area contributed by atoms with Crippen molar-refractivity contribution < 1.29 is 0 Å². The minimum atomic E-state index is -0.221. The van der Waals surface area contributed by atoms with Crippen LogP contribution in [-0.4, -0.2) is 5.84 Å². The molecule has 244 valence electrons. The number of benzene rings is 7. The van der Waals surface area contributed by atoms with Crippen LogP contribution in [0, 0.1) is 11.3 Å². The smallest absolute Gasteiger partial charge is 0.131 e. The lowest BCUT2D eigenvalue weighted by Crippen LogP contribution is -2.45. The summed E-state index contributed by atoms with van der Waals surface area (Å²) in [6, 6.07) is 58.1. The molecule has 0 aromatic heterocycles. The molecule has 4 heteroatoms. The van der Waals surface area contributed by atoms with Crippen LogP contribution in [0.5, 0.6) is 0 Å². The lowest BCUT2D eigenvalue weighted by atomic mass is 9.81. The topological polar surface area (TPSA) is 60.2 Å². The monoisotopic (exact) mass is 656 g/mol. The third-order valence-corrected chi connectivity index (χ3v) is 10.6. The molecule has 7 aromatic carbocycles. The van der Waals surface area contributed by atoms with E-state index in [0.29, 0.717) is 0 Å². The first-order valence-electron chi connectivity index (χ1n) is 17.5. The second kappa shape index (κ2) is 12.2. The highest BCUT2D eigenvalue weighted by molar-refractivity contribution is 6.01. The quantitative estimate of drug-likeness (QED) is 0.194. The van der Waals surface area contributed by atoms with Crippen LogP contribution >= 0.6 is 0 Å². The summed E-state index contributed by atoms with van der Waals surface area (Å²) in [5.41, 5.74) is 13.3. The van der Waals surface area contributed by atoms with Gasteiger partial charge in [0.15, 0.2) is 0 Å². The number of nitrogens with zero attached hydrogens (tertiary/aromatic N) is 2. The van der Waals surface area contributed by atoms with E-state index in [1.807, 2.05) is 24.3 Å². The van der Waals surface area contributed by atoms with Gasteiger partial charge >= 0.3 is 0 Å². The van der Waals surface area contributed by atoms with E-state index in [4.69, 9.17) is 4.99 Å². The van der Waals surface area contributed by atoms with Gasteiger partial charge in [0.1, 0.15) is 18.2 Å². The van der Waals surface area contributed by atoms with Crippen LogP contribution < -0.4 is 10.6 Å². The molecule has 2 aliphatic rings. The summed E-state index contributed by atoms with van der Waals surface area (Å²) in [5.74, 6) is 0.867. The SMILES string of the molecule is CC1(C)c2cc(-c3ccc(-c4ccc5ccccc5c4C4NC(c5ccccc5)=NC(c5ccccc5)N4)cc3)ccc2-c2c(C#N)cccc21. The van der Waals surface area contributed by atoms with E-state index in [2.05, 4.69) is 164 Å². The predicted octanol–water partition coefficient (Wildman–Crippen LogP) is 10.7. The number of nitrogens with one attached hydrogen (secondary N) is 2. The van der Waals surface area contributed by atoms with Crippen LogP contribution in [0.2, 0.25) is 0 Å². The Bertz CT molecular complexity index is 2510. The highest BCUT2D eigenvalue weighted by Gasteiger charge is 2.37. The van der Waals surface area contributed by atoms with Gasteiger partial charge in [-0.1, -0.05) is 159 Å². The third kappa shape index (κ3) is 5.22. The maximum Gasteiger partial charge on any atom is 0.131 e. The maximum absolute atomic E-state index is 9.88. The second-order valence-electron chi connectivity index (χ2n) is 14.0. The van der Waals surface area contributed by atoms with E-state index < -0.39 is 0 Å². The zero-order valence-corrected chi connectivity index (χ0v) is 28.6. The Balaban J connectivity index is 1.12. The van der Waals surface area contributed by atoms with E-state index in [1.54, 1.807) is 0 Å². The Labute approximate surface area is 298 Å². The molecule has 0 radical (unpaired) electrons. The summed E-state index contributed by atoms with van der Waals surface area (Å²) in [4.78, 5) is 5.16. The van der Waals surface area contributed by atoms with E-state index in [1.165, 1.54) is 38.6 Å². The van der Waals surface area contributed by atoms with Crippen molar-refractivity contribution in [3.8, 4) is 39.4 Å². The lowest BCUT2D eigenvalue weighted by molar-refractivity contribution is 0.411. The molecule has 4 nitrogen and oxygen atoms in total. The van der Waals surface area contributed by atoms with Gasteiger partial charge in [-0.05, 0) is 67.4 Å². The molecular weight excluding hydrogens is 621 g/mol. The molecular formula is C47H36N4. The summed E-state index contributed by atoms with van der Waals surface area (Å²) in [7, 11) is 0. The molecule has 51 heavy (non-hydrogen) atoms. The van der Waals surface area contributed by atoms with Crippen molar-refractivity contribution in [2.75, 3.05) is 0 Å². The largest absolute Gasteiger partial charge is 0.350 e. The van der Waals surface area contributed by atoms with Gasteiger partial charge < -0.3 is 5.32 Å². The fourth-order valence-electron chi connectivity index (χ4n) is 8.02. The number of hydrogen-bond acceptors (Lipinski definition) is 4. The first-order valence-corrected chi connectivity index (χ1v) is 17.5. The highest BCUT2D eigenvalue weighted by Crippen LogP contribution is 2.51. The van der Waals surface area contributed by atoms with Crippen molar-refractivity contribution in [2.45, 2.75) is 31.6 Å². The summed E-state index contributed by atoms with van der Waals surface area (Å²) in [6.45, 7) is 4.52. The van der Waals surface area contributed by atoms with Crippen molar-refractivity contribution in [3.63, 3.8) is 0 Å². The molecule has 0 saturated carbocycles. The molecule has 7 aromatic rings. The van der Waals surface area contributed by atoms with Crippen LogP contribution in [0.15, 0.2) is 163 Å². The molecule has 2 atom stereocenters. The van der Waals surface area contributed by atoms with E-state index in [-0.39, 0.29) is 17.7 Å². The fraction of sp³-hybridized carbons (Fsp3) is 0.106. The van der Waals surface area contributed by atoms with E-state index in [9.17, 15) is 5.26 Å². The van der Waals surface area contributed by atoms with Crippen molar-refractivity contribution in [2.24, 2.45) is 4.99 Å². The Morgan fingerprint density at radius 3 is 2.08 bits per heavy atom. The summed E-state index contributed by atoms with van der Waals surface area (Å²) in [6.07, 6.45) is -0.427. The molecule has 0 saturated heterocycles. The average molecular weight is 657 g/mol. The molecule has 1 aliphatic carbocycles. The van der Waals surface area contributed by atoms with E-state index >= 15 is 0 Å². The van der Waals surface area contributed by atoms with Gasteiger partial charge in [-0.25, -0.2) is 4.99 Å². The Kier molecular flexibility index (Phi) is 7.38. The lowest BCUT2D eigenvalue weighted by Gasteiger charge is -2.34. The molecule has 0 amide bonds. The van der Waals surface area contributed by atoms with Crippen LogP contribution in [0.4, 0.5) is 0 Å². The van der Waals surface area contributed by atoms with Gasteiger partial charge in [0.05, 0.1) is 11.6 Å². The number of amidine groups is 1. The number of fused-ring (bicyclic) bond motifs is 4. The summed E-state index contributed by atoms with van der Waals surface area (Å²) >= 11 is 0. The molecule has 1 heterocycles. The predicted molar refractivity (Wildman–Crippen MR) is 208 cm³/mol. The van der Waals surface area contributed by atoms with Crippen molar-refractivity contribution in [3.05, 3.63) is 191 Å². The Morgan fingerprint density at radius 2 is 1.29 bits per heavy atom. The van der Waals surface area contributed by atoms with E-state index in [0.717, 1.165) is 44.8 Å². The van der Waals surface area contributed by atoms with Crippen molar-refractivity contribution >= 4 is 16.6 Å². The molecule has 0 bridgehead atoms.